The molecule has 0 saturated carbocycles. The predicted octanol–water partition coefficient (Wildman–Crippen LogP) is 3.64. The minimum atomic E-state index is -4.51. The maximum Gasteiger partial charge on any atom is 0.417 e. The standard InChI is InChI=1S/C16H17ClF3N5/c1-24-4-6-25(7-5-24)15-9-14(21-10-22-15)23-11-2-3-13(17)12(8-11)16(18,19)20/h2-3,8-10H,4-7H2,1H3,(H,21,22,23). The number of benzene rings is 1. The number of nitrogens with one attached hydrogen (secondary N) is 1. The van der Waals surface area contributed by atoms with Gasteiger partial charge in [0.05, 0.1) is 10.6 Å². The average Bonchev–Trinajstić information content (AvgIpc) is 2.56. The Bertz CT molecular complexity index is 745. The number of nitrogens with zero attached hydrogens (tertiary/aromatic N) is 4. The second-order valence-electron chi connectivity index (χ2n) is 5.87. The molecule has 0 bridgehead atoms. The summed E-state index contributed by atoms with van der Waals surface area (Å²) >= 11 is 5.64. The van der Waals surface area contributed by atoms with Crippen molar-refractivity contribution >= 4 is 28.9 Å². The first kappa shape index (κ1) is 17.8. The van der Waals surface area contributed by atoms with Crippen LogP contribution in [-0.2, 0) is 6.18 Å². The summed E-state index contributed by atoms with van der Waals surface area (Å²) in [5.41, 5.74) is -0.618. The monoisotopic (exact) mass is 371 g/mol. The fraction of sp³-hybridized carbons (Fsp3) is 0.375. The normalized spacial score (nSPS) is 16.1. The van der Waals surface area contributed by atoms with Crippen LogP contribution < -0.4 is 10.2 Å². The van der Waals surface area contributed by atoms with Gasteiger partial charge >= 0.3 is 6.18 Å². The summed E-state index contributed by atoms with van der Waals surface area (Å²) in [6.07, 6.45) is -3.11. The zero-order valence-electron chi connectivity index (χ0n) is 13.5. The maximum atomic E-state index is 13.0. The zero-order chi connectivity index (χ0) is 18.0. The third kappa shape index (κ3) is 4.32. The summed E-state index contributed by atoms with van der Waals surface area (Å²) in [7, 11) is 2.06. The van der Waals surface area contributed by atoms with E-state index in [0.29, 0.717) is 5.82 Å². The number of anilines is 3. The SMILES string of the molecule is CN1CCN(c2cc(Nc3ccc(Cl)c(C(F)(F)F)c3)ncn2)CC1. The molecule has 9 heteroatoms. The van der Waals surface area contributed by atoms with Gasteiger partial charge in [0.15, 0.2) is 0 Å². The molecule has 1 aliphatic heterocycles. The van der Waals surface area contributed by atoms with Crippen LogP contribution in [0.5, 0.6) is 0 Å². The van der Waals surface area contributed by atoms with Gasteiger partial charge in [-0.3, -0.25) is 0 Å². The van der Waals surface area contributed by atoms with E-state index in [1.165, 1.54) is 18.5 Å². The second-order valence-corrected chi connectivity index (χ2v) is 6.28. The fourth-order valence-corrected chi connectivity index (χ4v) is 2.82. The Morgan fingerprint density at radius 3 is 2.48 bits per heavy atom. The minimum Gasteiger partial charge on any atom is -0.354 e. The van der Waals surface area contributed by atoms with Gasteiger partial charge in [-0.25, -0.2) is 9.97 Å². The lowest BCUT2D eigenvalue weighted by atomic mass is 10.2. The second kappa shape index (κ2) is 7.05. The molecule has 1 aromatic carbocycles. The first-order chi connectivity index (χ1) is 11.8. The Kier molecular flexibility index (Phi) is 5.01. The number of halogens is 4. The fourth-order valence-electron chi connectivity index (χ4n) is 2.59. The van der Waals surface area contributed by atoms with Crippen LogP contribution in [0.2, 0.25) is 5.02 Å². The van der Waals surface area contributed by atoms with Crippen LogP contribution >= 0.6 is 11.6 Å². The van der Waals surface area contributed by atoms with Crippen molar-refractivity contribution in [3.05, 3.63) is 41.2 Å². The largest absolute Gasteiger partial charge is 0.417 e. The molecule has 1 aliphatic rings. The van der Waals surface area contributed by atoms with Gasteiger partial charge in [-0.05, 0) is 25.2 Å². The number of hydrogen-bond donors (Lipinski definition) is 1. The van der Waals surface area contributed by atoms with Crippen LogP contribution in [0.4, 0.5) is 30.5 Å². The summed E-state index contributed by atoms with van der Waals surface area (Å²) in [6, 6.07) is 5.40. The quantitative estimate of drug-likeness (QED) is 0.892. The molecule has 134 valence electrons. The molecule has 0 unspecified atom stereocenters. The molecule has 1 N–H and O–H groups in total. The van der Waals surface area contributed by atoms with E-state index in [4.69, 9.17) is 11.6 Å². The molecule has 1 aromatic heterocycles. The number of piperazine rings is 1. The van der Waals surface area contributed by atoms with Crippen LogP contribution in [0.3, 0.4) is 0 Å². The molecular formula is C16H17ClF3N5. The van der Waals surface area contributed by atoms with E-state index < -0.39 is 11.7 Å². The van der Waals surface area contributed by atoms with Crippen molar-refractivity contribution in [1.82, 2.24) is 14.9 Å². The van der Waals surface area contributed by atoms with Gasteiger partial charge in [0, 0.05) is 37.9 Å². The highest BCUT2D eigenvalue weighted by atomic mass is 35.5. The summed E-state index contributed by atoms with van der Waals surface area (Å²) in [4.78, 5) is 12.7. The van der Waals surface area contributed by atoms with Crippen LogP contribution in [0.15, 0.2) is 30.6 Å². The van der Waals surface area contributed by atoms with Gasteiger partial charge in [-0.1, -0.05) is 11.6 Å². The first-order valence-corrected chi connectivity index (χ1v) is 8.10. The summed E-state index contributed by atoms with van der Waals surface area (Å²) in [5.74, 6) is 1.18. The average molecular weight is 372 g/mol. The number of alkyl halides is 3. The van der Waals surface area contributed by atoms with Gasteiger partial charge in [0.1, 0.15) is 18.0 Å². The third-order valence-electron chi connectivity index (χ3n) is 4.02. The van der Waals surface area contributed by atoms with Crippen molar-refractivity contribution in [2.45, 2.75) is 6.18 Å². The molecule has 25 heavy (non-hydrogen) atoms. The van der Waals surface area contributed by atoms with Gasteiger partial charge in [-0.15, -0.1) is 0 Å². The highest BCUT2D eigenvalue weighted by molar-refractivity contribution is 6.31. The Labute approximate surface area is 148 Å². The molecule has 0 aliphatic carbocycles. The lowest BCUT2D eigenvalue weighted by Crippen LogP contribution is -2.44. The van der Waals surface area contributed by atoms with Crippen LogP contribution in [0, 0.1) is 0 Å². The molecule has 0 amide bonds. The van der Waals surface area contributed by atoms with Gasteiger partial charge in [-0.2, -0.15) is 13.2 Å². The highest BCUT2D eigenvalue weighted by Crippen LogP contribution is 2.36. The summed E-state index contributed by atoms with van der Waals surface area (Å²) in [5, 5.41) is 2.55. The van der Waals surface area contributed by atoms with E-state index in [9.17, 15) is 13.2 Å². The van der Waals surface area contributed by atoms with Gasteiger partial charge in [0.2, 0.25) is 0 Å². The number of hydrogen-bond acceptors (Lipinski definition) is 5. The lowest BCUT2D eigenvalue weighted by molar-refractivity contribution is -0.137. The molecule has 5 nitrogen and oxygen atoms in total. The number of rotatable bonds is 3. The third-order valence-corrected chi connectivity index (χ3v) is 4.35. The molecule has 1 saturated heterocycles. The van der Waals surface area contributed by atoms with Crippen molar-refractivity contribution in [3.63, 3.8) is 0 Å². The van der Waals surface area contributed by atoms with Crippen LogP contribution in [-0.4, -0.2) is 48.1 Å². The van der Waals surface area contributed by atoms with E-state index >= 15 is 0 Å². The number of aromatic nitrogens is 2. The van der Waals surface area contributed by atoms with E-state index in [1.807, 2.05) is 0 Å². The molecule has 3 rings (SSSR count). The molecule has 0 spiro atoms. The van der Waals surface area contributed by atoms with Crippen molar-refractivity contribution in [1.29, 1.82) is 0 Å². The van der Waals surface area contributed by atoms with Gasteiger partial charge < -0.3 is 15.1 Å². The molecule has 2 heterocycles. The molecule has 0 atom stereocenters. The Hall–Kier alpha value is -2.06. The van der Waals surface area contributed by atoms with Gasteiger partial charge in [0.25, 0.3) is 0 Å². The summed E-state index contributed by atoms with van der Waals surface area (Å²) < 4.78 is 38.9. The molecule has 0 radical (unpaired) electrons. The van der Waals surface area contributed by atoms with Crippen LogP contribution in [0.1, 0.15) is 5.56 Å². The molecule has 2 aromatic rings. The lowest BCUT2D eigenvalue weighted by Gasteiger charge is -2.33. The highest BCUT2D eigenvalue weighted by Gasteiger charge is 2.33. The van der Waals surface area contributed by atoms with Crippen molar-refractivity contribution in [2.75, 3.05) is 43.4 Å². The smallest absolute Gasteiger partial charge is 0.354 e. The summed E-state index contributed by atoms with van der Waals surface area (Å²) in [6.45, 7) is 3.54. The van der Waals surface area contributed by atoms with E-state index in [-0.39, 0.29) is 10.7 Å². The number of likely N-dealkylation sites (N-methyl/N-ethyl adjacent to an activating group) is 1. The molecule has 1 fully saturated rings. The predicted molar refractivity (Wildman–Crippen MR) is 91.5 cm³/mol. The first-order valence-electron chi connectivity index (χ1n) is 7.72. The van der Waals surface area contributed by atoms with Crippen LogP contribution in [0.25, 0.3) is 0 Å². The maximum absolute atomic E-state index is 13.0. The Balaban J connectivity index is 1.79. The minimum absolute atomic E-state index is 0.264. The van der Waals surface area contributed by atoms with Crippen molar-refractivity contribution in [2.24, 2.45) is 0 Å². The Morgan fingerprint density at radius 1 is 1.08 bits per heavy atom. The Morgan fingerprint density at radius 2 is 1.80 bits per heavy atom. The van der Waals surface area contributed by atoms with E-state index in [2.05, 4.69) is 32.1 Å². The van der Waals surface area contributed by atoms with Crippen molar-refractivity contribution in [3.8, 4) is 0 Å². The van der Waals surface area contributed by atoms with E-state index in [0.717, 1.165) is 38.1 Å². The topological polar surface area (TPSA) is 44.3 Å². The zero-order valence-corrected chi connectivity index (χ0v) is 14.3. The van der Waals surface area contributed by atoms with E-state index in [1.54, 1.807) is 6.07 Å². The van der Waals surface area contributed by atoms with Crippen molar-refractivity contribution < 1.29 is 13.2 Å². The molecular weight excluding hydrogens is 355 g/mol.